The van der Waals surface area contributed by atoms with E-state index in [1.807, 2.05) is 47.4 Å². The average Bonchev–Trinajstić information content (AvgIpc) is 2.83. The molecule has 1 saturated heterocycles. The van der Waals surface area contributed by atoms with Crippen LogP contribution in [-0.4, -0.2) is 73.3 Å². The van der Waals surface area contributed by atoms with Crippen LogP contribution < -0.4 is 14.8 Å². The van der Waals surface area contributed by atoms with Crippen LogP contribution in [0.3, 0.4) is 0 Å². The third-order valence-electron chi connectivity index (χ3n) is 5.64. The van der Waals surface area contributed by atoms with Gasteiger partial charge in [-0.2, -0.15) is 0 Å². The summed E-state index contributed by atoms with van der Waals surface area (Å²) >= 11 is 1.51. The van der Waals surface area contributed by atoms with Crippen LogP contribution in [-0.2, 0) is 16.0 Å². The summed E-state index contributed by atoms with van der Waals surface area (Å²) < 4.78 is 11.1. The number of para-hydroxylation sites is 1. The predicted octanol–water partition coefficient (Wildman–Crippen LogP) is 2.90. The molecule has 0 aliphatic carbocycles. The molecule has 0 bridgehead atoms. The number of thioether (sulfide) groups is 1. The summed E-state index contributed by atoms with van der Waals surface area (Å²) in [5.74, 6) is 1.98. The number of carbonyl (C=O) groups is 2. The molecule has 0 radical (unpaired) electrons. The van der Waals surface area contributed by atoms with E-state index in [9.17, 15) is 9.59 Å². The Morgan fingerprint density at radius 3 is 2.53 bits per heavy atom. The van der Waals surface area contributed by atoms with Crippen LogP contribution >= 0.6 is 11.8 Å². The van der Waals surface area contributed by atoms with Gasteiger partial charge in [0.05, 0.1) is 12.3 Å². The molecule has 2 heterocycles. The first-order valence-electron chi connectivity index (χ1n) is 11.0. The first-order valence-corrected chi connectivity index (χ1v) is 12.0. The third kappa shape index (κ3) is 5.75. The molecule has 0 unspecified atom stereocenters. The average molecular weight is 456 g/mol. The number of rotatable bonds is 7. The van der Waals surface area contributed by atoms with E-state index in [4.69, 9.17) is 9.47 Å². The molecule has 1 N–H and O–H groups in total. The minimum atomic E-state index is -0.0140. The number of nitrogens with zero attached hydrogens (tertiary/aromatic N) is 2. The fourth-order valence-corrected chi connectivity index (χ4v) is 4.68. The van der Waals surface area contributed by atoms with Gasteiger partial charge >= 0.3 is 0 Å². The van der Waals surface area contributed by atoms with E-state index >= 15 is 0 Å². The maximum Gasteiger partial charge on any atom is 0.238 e. The molecule has 170 valence electrons. The van der Waals surface area contributed by atoms with Crippen molar-refractivity contribution in [2.24, 2.45) is 0 Å². The second-order valence-electron chi connectivity index (χ2n) is 7.81. The van der Waals surface area contributed by atoms with Crippen molar-refractivity contribution in [3.63, 3.8) is 0 Å². The van der Waals surface area contributed by atoms with Gasteiger partial charge in [0.15, 0.2) is 11.5 Å². The Bertz CT molecular complexity index is 960. The van der Waals surface area contributed by atoms with Crippen molar-refractivity contribution >= 4 is 29.3 Å². The van der Waals surface area contributed by atoms with E-state index in [0.29, 0.717) is 51.7 Å². The van der Waals surface area contributed by atoms with E-state index in [1.54, 1.807) is 0 Å². The van der Waals surface area contributed by atoms with E-state index in [0.717, 1.165) is 34.1 Å². The highest BCUT2D eigenvalue weighted by atomic mass is 32.2. The standard InChI is InChI=1S/C24H29N3O4S/c1-2-18-5-3-4-6-20(18)25-23(28)16-26-9-11-27(12-10-26)24(29)17-32-19-7-8-21-22(15-19)31-14-13-30-21/h3-8,15H,2,9-14,16-17H2,1H3,(H,25,28). The van der Waals surface area contributed by atoms with Crippen molar-refractivity contribution in [3.8, 4) is 11.5 Å². The van der Waals surface area contributed by atoms with E-state index in [2.05, 4.69) is 17.1 Å². The summed E-state index contributed by atoms with van der Waals surface area (Å²) in [5.41, 5.74) is 2.01. The van der Waals surface area contributed by atoms with Gasteiger partial charge in [0.2, 0.25) is 11.8 Å². The number of hydrogen-bond acceptors (Lipinski definition) is 6. The highest BCUT2D eigenvalue weighted by Crippen LogP contribution is 2.34. The van der Waals surface area contributed by atoms with Gasteiger partial charge in [-0.3, -0.25) is 14.5 Å². The van der Waals surface area contributed by atoms with Crippen molar-refractivity contribution in [2.75, 3.05) is 57.0 Å². The normalized spacial score (nSPS) is 16.0. The molecule has 0 aromatic heterocycles. The number of piperazine rings is 1. The first kappa shape index (κ1) is 22.5. The third-order valence-corrected chi connectivity index (χ3v) is 6.62. The van der Waals surface area contributed by atoms with Gasteiger partial charge in [0.1, 0.15) is 13.2 Å². The number of ether oxygens (including phenoxy) is 2. The number of carbonyl (C=O) groups excluding carboxylic acids is 2. The van der Waals surface area contributed by atoms with Crippen LogP contribution in [0, 0.1) is 0 Å². The number of hydrogen-bond donors (Lipinski definition) is 1. The van der Waals surface area contributed by atoms with Gasteiger partial charge in [-0.15, -0.1) is 11.8 Å². The number of fused-ring (bicyclic) bond motifs is 1. The Balaban J connectivity index is 1.20. The molecule has 2 amide bonds. The maximum absolute atomic E-state index is 12.7. The van der Waals surface area contributed by atoms with Crippen LogP contribution in [0.4, 0.5) is 5.69 Å². The lowest BCUT2D eigenvalue weighted by atomic mass is 10.1. The molecule has 2 aliphatic rings. The van der Waals surface area contributed by atoms with Crippen LogP contribution in [0.1, 0.15) is 12.5 Å². The molecule has 2 aromatic carbocycles. The van der Waals surface area contributed by atoms with Crippen molar-refractivity contribution < 1.29 is 19.1 Å². The molecule has 4 rings (SSSR count). The highest BCUT2D eigenvalue weighted by Gasteiger charge is 2.23. The second-order valence-corrected chi connectivity index (χ2v) is 8.86. The molecule has 1 fully saturated rings. The molecule has 2 aliphatic heterocycles. The SMILES string of the molecule is CCc1ccccc1NC(=O)CN1CCN(C(=O)CSc2ccc3c(c2)OCCO3)CC1. The molecule has 8 heteroatoms. The summed E-state index contributed by atoms with van der Waals surface area (Å²) in [6, 6.07) is 13.7. The Labute approximate surface area is 193 Å². The Kier molecular flexibility index (Phi) is 7.55. The summed E-state index contributed by atoms with van der Waals surface area (Å²) in [4.78, 5) is 30.1. The molecule has 0 atom stereocenters. The van der Waals surface area contributed by atoms with E-state index in [-0.39, 0.29) is 11.8 Å². The van der Waals surface area contributed by atoms with Crippen LogP contribution in [0.2, 0.25) is 0 Å². The number of nitrogens with one attached hydrogen (secondary N) is 1. The zero-order valence-electron chi connectivity index (χ0n) is 18.3. The summed E-state index contributed by atoms with van der Waals surface area (Å²) in [6.07, 6.45) is 0.876. The monoisotopic (exact) mass is 455 g/mol. The first-order chi connectivity index (χ1) is 15.6. The van der Waals surface area contributed by atoms with Crippen LogP contribution in [0.15, 0.2) is 47.4 Å². The lowest BCUT2D eigenvalue weighted by Gasteiger charge is -2.34. The number of benzene rings is 2. The highest BCUT2D eigenvalue weighted by molar-refractivity contribution is 8.00. The lowest BCUT2D eigenvalue weighted by Crippen LogP contribution is -2.50. The maximum atomic E-state index is 12.7. The lowest BCUT2D eigenvalue weighted by molar-refractivity contribution is -0.130. The number of anilines is 1. The molecule has 0 saturated carbocycles. The summed E-state index contributed by atoms with van der Waals surface area (Å²) in [6.45, 7) is 6.20. The fraction of sp³-hybridized carbons (Fsp3) is 0.417. The number of amides is 2. The largest absolute Gasteiger partial charge is 0.486 e. The molecular formula is C24H29N3O4S. The smallest absolute Gasteiger partial charge is 0.238 e. The van der Waals surface area contributed by atoms with Crippen molar-refractivity contribution in [3.05, 3.63) is 48.0 Å². The van der Waals surface area contributed by atoms with Crippen molar-refractivity contribution in [1.29, 1.82) is 0 Å². The molecule has 32 heavy (non-hydrogen) atoms. The van der Waals surface area contributed by atoms with E-state index < -0.39 is 0 Å². The molecular weight excluding hydrogens is 426 g/mol. The van der Waals surface area contributed by atoms with Crippen molar-refractivity contribution in [2.45, 2.75) is 18.2 Å². The topological polar surface area (TPSA) is 71.1 Å². The Hall–Kier alpha value is -2.71. The van der Waals surface area contributed by atoms with Gasteiger partial charge in [-0.05, 0) is 36.2 Å². The zero-order chi connectivity index (χ0) is 22.3. The van der Waals surface area contributed by atoms with Gasteiger partial charge < -0.3 is 19.7 Å². The van der Waals surface area contributed by atoms with Gasteiger partial charge in [-0.1, -0.05) is 25.1 Å². The number of aryl methyl sites for hydroxylation is 1. The minimum absolute atomic E-state index is 0.0140. The molecule has 2 aromatic rings. The Morgan fingerprint density at radius 2 is 1.75 bits per heavy atom. The van der Waals surface area contributed by atoms with Crippen LogP contribution in [0.25, 0.3) is 0 Å². The van der Waals surface area contributed by atoms with E-state index in [1.165, 1.54) is 11.8 Å². The van der Waals surface area contributed by atoms with Crippen LogP contribution in [0.5, 0.6) is 11.5 Å². The second kappa shape index (κ2) is 10.7. The summed E-state index contributed by atoms with van der Waals surface area (Å²) in [5, 5.41) is 3.02. The molecule has 7 nitrogen and oxygen atoms in total. The minimum Gasteiger partial charge on any atom is -0.486 e. The predicted molar refractivity (Wildman–Crippen MR) is 126 cm³/mol. The van der Waals surface area contributed by atoms with Gasteiger partial charge in [0, 0.05) is 36.8 Å². The zero-order valence-corrected chi connectivity index (χ0v) is 19.2. The van der Waals surface area contributed by atoms with Gasteiger partial charge in [0.25, 0.3) is 0 Å². The fourth-order valence-electron chi connectivity index (χ4n) is 3.85. The molecule has 0 spiro atoms. The summed E-state index contributed by atoms with van der Waals surface area (Å²) in [7, 11) is 0. The Morgan fingerprint density at radius 1 is 1.00 bits per heavy atom. The van der Waals surface area contributed by atoms with Gasteiger partial charge in [-0.25, -0.2) is 0 Å². The quantitative estimate of drug-likeness (QED) is 0.648. The van der Waals surface area contributed by atoms with Crippen molar-refractivity contribution in [1.82, 2.24) is 9.80 Å².